The van der Waals surface area contributed by atoms with Crippen molar-refractivity contribution in [3.8, 4) is 5.69 Å². The predicted molar refractivity (Wildman–Crippen MR) is 100 cm³/mol. The molecule has 1 heterocycles. The Kier molecular flexibility index (Phi) is 4.14. The van der Waals surface area contributed by atoms with Crippen LogP contribution in [0.4, 0.5) is 10.1 Å². The summed E-state index contributed by atoms with van der Waals surface area (Å²) in [4.78, 5) is 16.7. The minimum atomic E-state index is -0.577. The van der Waals surface area contributed by atoms with E-state index in [-0.39, 0.29) is 10.7 Å². The van der Waals surface area contributed by atoms with Gasteiger partial charge in [-0.1, -0.05) is 23.7 Å². The number of hydrogen-bond donors (Lipinski definition) is 1. The first-order valence-corrected chi connectivity index (χ1v) is 8.28. The molecule has 0 aliphatic heterocycles. The first-order valence-electron chi connectivity index (χ1n) is 7.91. The van der Waals surface area contributed by atoms with Crippen LogP contribution in [-0.4, -0.2) is 15.5 Å². The molecule has 0 aliphatic rings. The molecular formula is C20H13ClFN3O. The highest BCUT2D eigenvalue weighted by molar-refractivity contribution is 6.30. The van der Waals surface area contributed by atoms with Crippen molar-refractivity contribution in [1.82, 2.24) is 9.55 Å². The van der Waals surface area contributed by atoms with Crippen LogP contribution in [0, 0.1) is 5.82 Å². The van der Waals surface area contributed by atoms with Gasteiger partial charge < -0.3 is 5.32 Å². The van der Waals surface area contributed by atoms with Gasteiger partial charge in [0.25, 0.3) is 5.91 Å². The topological polar surface area (TPSA) is 46.9 Å². The molecule has 1 N–H and O–H groups in total. The van der Waals surface area contributed by atoms with Crippen molar-refractivity contribution in [1.29, 1.82) is 0 Å². The summed E-state index contributed by atoms with van der Waals surface area (Å²) in [5.74, 6) is -0.972. The Balaban J connectivity index is 1.58. The quantitative estimate of drug-likeness (QED) is 0.551. The third-order valence-electron chi connectivity index (χ3n) is 4.04. The van der Waals surface area contributed by atoms with Gasteiger partial charge in [0.2, 0.25) is 0 Å². The number of anilines is 1. The molecule has 0 aliphatic carbocycles. The number of imidazole rings is 1. The molecule has 0 bridgehead atoms. The van der Waals surface area contributed by atoms with E-state index in [4.69, 9.17) is 11.6 Å². The maximum absolute atomic E-state index is 13.8. The van der Waals surface area contributed by atoms with Crippen LogP contribution in [0.5, 0.6) is 0 Å². The monoisotopic (exact) mass is 365 g/mol. The fraction of sp³-hybridized carbons (Fsp3) is 0. The molecule has 4 aromatic rings. The molecule has 26 heavy (non-hydrogen) atoms. The highest BCUT2D eigenvalue weighted by Gasteiger charge is 2.11. The largest absolute Gasteiger partial charge is 0.319 e. The fourth-order valence-corrected chi connectivity index (χ4v) is 2.88. The summed E-state index contributed by atoms with van der Waals surface area (Å²) in [6, 6.07) is 18.9. The number of carbonyl (C=O) groups is 1. The molecule has 128 valence electrons. The third-order valence-corrected chi connectivity index (χ3v) is 4.28. The molecule has 4 rings (SSSR count). The van der Waals surface area contributed by atoms with E-state index < -0.39 is 11.7 Å². The van der Waals surface area contributed by atoms with E-state index in [0.717, 1.165) is 22.8 Å². The SMILES string of the molecule is O=C(Nc1ccc(Cl)cc1F)c1ccc(-n2cnc3ccccc32)cc1. The average Bonchev–Trinajstić information content (AvgIpc) is 3.08. The summed E-state index contributed by atoms with van der Waals surface area (Å²) in [5.41, 5.74) is 3.27. The van der Waals surface area contributed by atoms with Crippen LogP contribution < -0.4 is 5.32 Å². The molecule has 1 amide bonds. The first-order chi connectivity index (χ1) is 12.6. The number of para-hydroxylation sites is 2. The van der Waals surface area contributed by atoms with Gasteiger partial charge in [-0.05, 0) is 54.6 Å². The van der Waals surface area contributed by atoms with Crippen molar-refractivity contribution in [2.24, 2.45) is 0 Å². The number of hydrogen-bond acceptors (Lipinski definition) is 2. The number of halogens is 2. The van der Waals surface area contributed by atoms with Crippen molar-refractivity contribution in [2.45, 2.75) is 0 Å². The second kappa shape index (κ2) is 6.61. The Morgan fingerprint density at radius 3 is 2.58 bits per heavy atom. The molecule has 0 fully saturated rings. The highest BCUT2D eigenvalue weighted by Crippen LogP contribution is 2.21. The normalized spacial score (nSPS) is 10.8. The minimum absolute atomic E-state index is 0.0871. The Morgan fingerprint density at radius 2 is 1.81 bits per heavy atom. The van der Waals surface area contributed by atoms with E-state index in [1.165, 1.54) is 12.1 Å². The molecule has 0 atom stereocenters. The number of carbonyl (C=O) groups excluding carboxylic acids is 1. The predicted octanol–water partition coefficient (Wildman–Crippen LogP) is 5.07. The zero-order chi connectivity index (χ0) is 18.1. The summed E-state index contributed by atoms with van der Waals surface area (Å²) < 4.78 is 15.8. The summed E-state index contributed by atoms with van der Waals surface area (Å²) in [6.07, 6.45) is 1.74. The summed E-state index contributed by atoms with van der Waals surface area (Å²) in [7, 11) is 0. The lowest BCUT2D eigenvalue weighted by Gasteiger charge is -2.08. The molecule has 0 unspecified atom stereocenters. The smallest absolute Gasteiger partial charge is 0.255 e. The highest BCUT2D eigenvalue weighted by atomic mass is 35.5. The Labute approximate surface area is 153 Å². The number of benzene rings is 3. The van der Waals surface area contributed by atoms with Crippen LogP contribution in [0.3, 0.4) is 0 Å². The van der Waals surface area contributed by atoms with Gasteiger partial charge in [0, 0.05) is 16.3 Å². The molecule has 0 saturated carbocycles. The maximum atomic E-state index is 13.8. The van der Waals surface area contributed by atoms with Gasteiger partial charge >= 0.3 is 0 Å². The van der Waals surface area contributed by atoms with E-state index in [0.29, 0.717) is 5.56 Å². The molecule has 4 nitrogen and oxygen atoms in total. The standard InChI is InChI=1S/C20H13ClFN3O/c21-14-7-10-17(16(22)11-14)24-20(26)13-5-8-15(9-6-13)25-12-23-18-3-1-2-4-19(18)25/h1-12H,(H,24,26). The van der Waals surface area contributed by atoms with Gasteiger partial charge in [0.05, 0.1) is 16.7 Å². The lowest BCUT2D eigenvalue weighted by atomic mass is 10.2. The van der Waals surface area contributed by atoms with E-state index in [1.54, 1.807) is 18.5 Å². The van der Waals surface area contributed by atoms with Crippen LogP contribution in [0.15, 0.2) is 73.1 Å². The van der Waals surface area contributed by atoms with Crippen molar-refractivity contribution in [3.63, 3.8) is 0 Å². The zero-order valence-corrected chi connectivity index (χ0v) is 14.2. The lowest BCUT2D eigenvalue weighted by Crippen LogP contribution is -2.13. The van der Waals surface area contributed by atoms with Gasteiger partial charge in [0.1, 0.15) is 12.1 Å². The molecule has 0 saturated heterocycles. The zero-order valence-electron chi connectivity index (χ0n) is 13.5. The summed E-state index contributed by atoms with van der Waals surface area (Å²) >= 11 is 5.72. The van der Waals surface area contributed by atoms with Crippen LogP contribution in [0.2, 0.25) is 5.02 Å². The summed E-state index contributed by atoms with van der Waals surface area (Å²) in [5, 5.41) is 2.82. The average molecular weight is 366 g/mol. The van der Waals surface area contributed by atoms with Gasteiger partial charge in [-0.3, -0.25) is 9.36 Å². The van der Waals surface area contributed by atoms with Gasteiger partial charge in [-0.25, -0.2) is 9.37 Å². The van der Waals surface area contributed by atoms with E-state index in [1.807, 2.05) is 41.0 Å². The van der Waals surface area contributed by atoms with Crippen LogP contribution in [0.25, 0.3) is 16.7 Å². The Bertz CT molecular complexity index is 1110. The molecule has 0 spiro atoms. The molecule has 3 aromatic carbocycles. The number of amides is 1. The lowest BCUT2D eigenvalue weighted by molar-refractivity contribution is 0.102. The molecule has 6 heteroatoms. The van der Waals surface area contributed by atoms with E-state index in [2.05, 4.69) is 10.3 Å². The minimum Gasteiger partial charge on any atom is -0.319 e. The number of aromatic nitrogens is 2. The Morgan fingerprint density at radius 1 is 1.04 bits per heavy atom. The van der Waals surface area contributed by atoms with Crippen LogP contribution in [0.1, 0.15) is 10.4 Å². The number of fused-ring (bicyclic) bond motifs is 1. The number of nitrogens with zero attached hydrogens (tertiary/aromatic N) is 2. The molecule has 1 aromatic heterocycles. The van der Waals surface area contributed by atoms with E-state index in [9.17, 15) is 9.18 Å². The fourth-order valence-electron chi connectivity index (χ4n) is 2.72. The Hall–Kier alpha value is -3.18. The second-order valence-electron chi connectivity index (χ2n) is 5.73. The maximum Gasteiger partial charge on any atom is 0.255 e. The van der Waals surface area contributed by atoms with Gasteiger partial charge in [0.15, 0.2) is 0 Å². The van der Waals surface area contributed by atoms with Crippen molar-refractivity contribution >= 4 is 34.2 Å². The van der Waals surface area contributed by atoms with Crippen molar-refractivity contribution in [2.75, 3.05) is 5.32 Å². The van der Waals surface area contributed by atoms with E-state index >= 15 is 0 Å². The van der Waals surface area contributed by atoms with Crippen LogP contribution in [-0.2, 0) is 0 Å². The third kappa shape index (κ3) is 3.05. The number of nitrogens with one attached hydrogen (secondary N) is 1. The van der Waals surface area contributed by atoms with Crippen molar-refractivity contribution < 1.29 is 9.18 Å². The summed E-state index contributed by atoms with van der Waals surface area (Å²) in [6.45, 7) is 0. The van der Waals surface area contributed by atoms with Gasteiger partial charge in [-0.2, -0.15) is 0 Å². The van der Waals surface area contributed by atoms with Gasteiger partial charge in [-0.15, -0.1) is 0 Å². The number of rotatable bonds is 3. The van der Waals surface area contributed by atoms with Crippen LogP contribution >= 0.6 is 11.6 Å². The first kappa shape index (κ1) is 16.3. The molecule has 0 radical (unpaired) electrons. The molecular weight excluding hydrogens is 353 g/mol. The van der Waals surface area contributed by atoms with Crippen molar-refractivity contribution in [3.05, 3.63) is 89.5 Å². The second-order valence-corrected chi connectivity index (χ2v) is 6.16.